The number of hydrogen-bond acceptors (Lipinski definition) is 5. The standard InChI is InChI=1S/C14H15N5OS/c20-12-8-10(9-18-5-1-2-6-18)15-14-16-13(17-19(12)14)11-4-3-7-21-11/h3-4,7-8H,1-2,5-6,9H2,(H,15,16,17). The Hall–Kier alpha value is -1.99. The molecule has 4 heterocycles. The SMILES string of the molecule is O=c1cc(CN2CCCC2)nc2nc(-c3cccs3)[nH]n12. The number of aromatic amines is 1. The fourth-order valence-electron chi connectivity index (χ4n) is 2.70. The van der Waals surface area contributed by atoms with Crippen LogP contribution in [0.4, 0.5) is 0 Å². The van der Waals surface area contributed by atoms with E-state index >= 15 is 0 Å². The van der Waals surface area contributed by atoms with Crippen molar-refractivity contribution < 1.29 is 0 Å². The van der Waals surface area contributed by atoms with Crippen LogP contribution in [0.25, 0.3) is 16.5 Å². The molecule has 6 nitrogen and oxygen atoms in total. The monoisotopic (exact) mass is 301 g/mol. The van der Waals surface area contributed by atoms with E-state index < -0.39 is 0 Å². The summed E-state index contributed by atoms with van der Waals surface area (Å²) >= 11 is 1.58. The molecule has 7 heteroatoms. The highest BCUT2D eigenvalue weighted by Crippen LogP contribution is 2.20. The molecule has 1 fully saturated rings. The zero-order valence-corrected chi connectivity index (χ0v) is 12.3. The summed E-state index contributed by atoms with van der Waals surface area (Å²) in [5, 5.41) is 5.00. The van der Waals surface area contributed by atoms with E-state index in [1.165, 1.54) is 17.4 Å². The number of rotatable bonds is 3. The molecule has 0 atom stereocenters. The molecule has 4 rings (SSSR count). The van der Waals surface area contributed by atoms with Gasteiger partial charge in [0, 0.05) is 12.6 Å². The van der Waals surface area contributed by atoms with Crippen molar-refractivity contribution in [2.75, 3.05) is 13.1 Å². The maximum Gasteiger partial charge on any atom is 0.274 e. The molecule has 1 N–H and O–H groups in total. The second-order valence-corrected chi connectivity index (χ2v) is 6.20. The maximum absolute atomic E-state index is 12.2. The first-order chi connectivity index (χ1) is 10.3. The molecule has 1 aliphatic heterocycles. The van der Waals surface area contributed by atoms with Crippen molar-refractivity contribution in [2.45, 2.75) is 19.4 Å². The summed E-state index contributed by atoms with van der Waals surface area (Å²) in [6.45, 7) is 2.90. The van der Waals surface area contributed by atoms with Gasteiger partial charge in [0.25, 0.3) is 11.3 Å². The summed E-state index contributed by atoms with van der Waals surface area (Å²) in [6.07, 6.45) is 2.46. The minimum absolute atomic E-state index is 0.107. The van der Waals surface area contributed by atoms with Gasteiger partial charge in [-0.3, -0.25) is 14.8 Å². The van der Waals surface area contributed by atoms with E-state index in [4.69, 9.17) is 0 Å². The largest absolute Gasteiger partial charge is 0.298 e. The van der Waals surface area contributed by atoms with Crippen LogP contribution in [0.1, 0.15) is 18.5 Å². The lowest BCUT2D eigenvalue weighted by Gasteiger charge is -2.12. The molecular weight excluding hydrogens is 286 g/mol. The Bertz CT molecular complexity index is 814. The van der Waals surface area contributed by atoms with E-state index in [0.29, 0.717) is 11.6 Å². The van der Waals surface area contributed by atoms with E-state index in [0.717, 1.165) is 30.2 Å². The van der Waals surface area contributed by atoms with Gasteiger partial charge in [-0.25, -0.2) is 4.98 Å². The second-order valence-electron chi connectivity index (χ2n) is 5.25. The molecule has 0 radical (unpaired) electrons. The van der Waals surface area contributed by atoms with Crippen molar-refractivity contribution in [3.63, 3.8) is 0 Å². The minimum atomic E-state index is -0.107. The van der Waals surface area contributed by atoms with Crippen molar-refractivity contribution in [1.29, 1.82) is 0 Å². The highest BCUT2D eigenvalue weighted by atomic mass is 32.1. The van der Waals surface area contributed by atoms with Crippen molar-refractivity contribution in [2.24, 2.45) is 0 Å². The Morgan fingerprint density at radius 2 is 2.14 bits per heavy atom. The molecule has 1 aliphatic rings. The van der Waals surface area contributed by atoms with Gasteiger partial charge in [0.05, 0.1) is 10.6 Å². The zero-order valence-electron chi connectivity index (χ0n) is 11.5. The van der Waals surface area contributed by atoms with Crippen LogP contribution in [0.2, 0.25) is 0 Å². The lowest BCUT2D eigenvalue weighted by Crippen LogP contribution is -2.22. The van der Waals surface area contributed by atoms with Gasteiger partial charge in [-0.05, 0) is 37.4 Å². The summed E-state index contributed by atoms with van der Waals surface area (Å²) in [5.41, 5.74) is 0.690. The second kappa shape index (κ2) is 5.09. The van der Waals surface area contributed by atoms with Crippen LogP contribution in [0.5, 0.6) is 0 Å². The number of fused-ring (bicyclic) bond motifs is 1. The van der Waals surface area contributed by atoms with Crippen molar-refractivity contribution in [3.05, 3.63) is 39.6 Å². The lowest BCUT2D eigenvalue weighted by molar-refractivity contribution is 0.327. The van der Waals surface area contributed by atoms with Gasteiger partial charge in [-0.1, -0.05) is 6.07 Å². The molecule has 0 saturated carbocycles. The predicted octanol–water partition coefficient (Wildman–Crippen LogP) is 1.74. The van der Waals surface area contributed by atoms with Gasteiger partial charge in [0.15, 0.2) is 5.82 Å². The van der Waals surface area contributed by atoms with Crippen LogP contribution in [-0.2, 0) is 6.54 Å². The third-order valence-corrected chi connectivity index (χ3v) is 4.60. The van der Waals surface area contributed by atoms with E-state index in [-0.39, 0.29) is 5.56 Å². The van der Waals surface area contributed by atoms with Gasteiger partial charge in [-0.15, -0.1) is 11.3 Å². The van der Waals surface area contributed by atoms with Gasteiger partial charge in [0.2, 0.25) is 0 Å². The first-order valence-corrected chi connectivity index (χ1v) is 7.92. The molecule has 0 spiro atoms. The average molecular weight is 301 g/mol. The summed E-state index contributed by atoms with van der Waals surface area (Å²) in [5.74, 6) is 1.13. The smallest absolute Gasteiger partial charge is 0.274 e. The molecule has 0 amide bonds. The fraction of sp³-hybridized carbons (Fsp3) is 0.357. The molecule has 21 heavy (non-hydrogen) atoms. The first kappa shape index (κ1) is 12.7. The van der Waals surface area contributed by atoms with Gasteiger partial charge in [-0.2, -0.15) is 9.50 Å². The third kappa shape index (κ3) is 2.38. The number of thiophene rings is 1. The highest BCUT2D eigenvalue weighted by molar-refractivity contribution is 7.13. The lowest BCUT2D eigenvalue weighted by atomic mass is 10.4. The van der Waals surface area contributed by atoms with Crippen LogP contribution in [0, 0.1) is 0 Å². The molecule has 0 bridgehead atoms. The maximum atomic E-state index is 12.2. The topological polar surface area (TPSA) is 66.3 Å². The zero-order chi connectivity index (χ0) is 14.2. The van der Waals surface area contributed by atoms with Crippen LogP contribution in [0.15, 0.2) is 28.4 Å². The summed E-state index contributed by atoms with van der Waals surface area (Å²) in [4.78, 5) is 24.5. The van der Waals surface area contributed by atoms with Gasteiger partial charge in [0.1, 0.15) is 0 Å². The Labute approximate surface area is 125 Å². The van der Waals surface area contributed by atoms with Crippen LogP contribution in [-0.4, -0.2) is 37.6 Å². The van der Waals surface area contributed by atoms with Gasteiger partial charge >= 0.3 is 0 Å². The third-order valence-electron chi connectivity index (χ3n) is 3.72. The van der Waals surface area contributed by atoms with E-state index in [1.54, 1.807) is 17.4 Å². The molecular formula is C14H15N5OS. The molecule has 3 aromatic heterocycles. The number of aromatic nitrogens is 4. The summed E-state index contributed by atoms with van der Waals surface area (Å²) in [6, 6.07) is 5.53. The van der Waals surface area contributed by atoms with E-state index in [2.05, 4.69) is 20.0 Å². The minimum Gasteiger partial charge on any atom is -0.298 e. The fourth-order valence-corrected chi connectivity index (χ4v) is 3.37. The average Bonchev–Trinajstić information content (AvgIpc) is 3.19. The van der Waals surface area contributed by atoms with E-state index in [1.807, 2.05) is 17.5 Å². The molecule has 0 unspecified atom stereocenters. The van der Waals surface area contributed by atoms with Crippen molar-refractivity contribution in [3.8, 4) is 10.7 Å². The summed E-state index contributed by atoms with van der Waals surface area (Å²) in [7, 11) is 0. The Morgan fingerprint density at radius 1 is 1.29 bits per heavy atom. The number of nitrogens with zero attached hydrogens (tertiary/aromatic N) is 4. The van der Waals surface area contributed by atoms with Gasteiger partial charge < -0.3 is 0 Å². The van der Waals surface area contributed by atoms with Crippen LogP contribution >= 0.6 is 11.3 Å². The number of likely N-dealkylation sites (tertiary alicyclic amines) is 1. The number of hydrogen-bond donors (Lipinski definition) is 1. The predicted molar refractivity (Wildman–Crippen MR) is 81.4 cm³/mol. The molecule has 0 aromatic carbocycles. The quantitative estimate of drug-likeness (QED) is 0.800. The van der Waals surface area contributed by atoms with Crippen molar-refractivity contribution in [1.82, 2.24) is 24.5 Å². The number of H-pyrrole nitrogens is 1. The molecule has 108 valence electrons. The highest BCUT2D eigenvalue weighted by Gasteiger charge is 2.15. The molecule has 0 aliphatic carbocycles. The van der Waals surface area contributed by atoms with E-state index in [9.17, 15) is 4.79 Å². The Balaban J connectivity index is 1.73. The Kier molecular flexibility index (Phi) is 3.08. The molecule has 3 aromatic rings. The normalized spacial score (nSPS) is 16.0. The Morgan fingerprint density at radius 3 is 2.90 bits per heavy atom. The molecule has 1 saturated heterocycles. The number of nitrogens with one attached hydrogen (secondary N) is 1. The first-order valence-electron chi connectivity index (χ1n) is 7.04. The van der Waals surface area contributed by atoms with Crippen LogP contribution in [0.3, 0.4) is 0 Å². The van der Waals surface area contributed by atoms with Crippen molar-refractivity contribution >= 4 is 17.1 Å². The van der Waals surface area contributed by atoms with Crippen LogP contribution < -0.4 is 5.56 Å². The summed E-state index contributed by atoms with van der Waals surface area (Å²) < 4.78 is 1.41.